The second-order valence-electron chi connectivity index (χ2n) is 8.92. The molecule has 1 aliphatic carbocycles. The van der Waals surface area contributed by atoms with Crippen LogP contribution in [0, 0.1) is 0 Å². The van der Waals surface area contributed by atoms with Crippen LogP contribution in [0.3, 0.4) is 0 Å². The maximum absolute atomic E-state index is 13.4. The number of nitrogens with zero attached hydrogens (tertiary/aromatic N) is 2. The van der Waals surface area contributed by atoms with E-state index in [2.05, 4.69) is 0 Å². The second-order valence-corrected chi connectivity index (χ2v) is 11.1. The van der Waals surface area contributed by atoms with Gasteiger partial charge in [0.2, 0.25) is 20.7 Å². The van der Waals surface area contributed by atoms with Crippen molar-refractivity contribution in [3.8, 4) is 17.3 Å². The van der Waals surface area contributed by atoms with Gasteiger partial charge >= 0.3 is 11.7 Å². The number of allylic oxidation sites excluding steroid dienone is 2. The number of carbonyl (C=O) groups is 1. The summed E-state index contributed by atoms with van der Waals surface area (Å²) in [5, 5.41) is 11.0. The van der Waals surface area contributed by atoms with Gasteiger partial charge in [0.25, 0.3) is 5.56 Å². The first-order valence-corrected chi connectivity index (χ1v) is 13.3. The number of rotatable bonds is 4. The van der Waals surface area contributed by atoms with E-state index in [-0.39, 0.29) is 24.1 Å². The maximum Gasteiger partial charge on any atom is 0.351 e. The molecule has 2 fully saturated rings. The van der Waals surface area contributed by atoms with E-state index in [9.17, 15) is 27.9 Å². The minimum Gasteiger partial charge on any atom is -0.494 e. The number of sulfone groups is 1. The molecule has 2 aromatic carbocycles. The molecule has 10 heteroatoms. The molecule has 2 aliphatic rings. The van der Waals surface area contributed by atoms with Crippen molar-refractivity contribution in [2.75, 3.05) is 0 Å². The molecule has 37 heavy (non-hydrogen) atoms. The van der Waals surface area contributed by atoms with Crippen molar-refractivity contribution in [2.45, 2.75) is 37.0 Å². The van der Waals surface area contributed by atoms with Gasteiger partial charge in [-0.15, -0.1) is 0 Å². The van der Waals surface area contributed by atoms with Crippen LogP contribution in [0.1, 0.15) is 37.7 Å². The largest absolute Gasteiger partial charge is 0.494 e. The molecule has 9 nitrogen and oxygen atoms in total. The van der Waals surface area contributed by atoms with Crippen molar-refractivity contribution in [1.82, 2.24) is 9.13 Å². The lowest BCUT2D eigenvalue weighted by atomic mass is 9.97. The highest BCUT2D eigenvalue weighted by molar-refractivity contribution is 7.97. The average molecular weight is 521 g/mol. The molecule has 1 saturated carbocycles. The van der Waals surface area contributed by atoms with Crippen molar-refractivity contribution in [3.05, 3.63) is 104 Å². The van der Waals surface area contributed by atoms with E-state index >= 15 is 0 Å². The van der Waals surface area contributed by atoms with Gasteiger partial charge in [-0.25, -0.2) is 27.1 Å². The highest BCUT2D eigenvalue weighted by atomic mass is 32.2. The van der Waals surface area contributed by atoms with E-state index in [1.54, 1.807) is 60.7 Å². The van der Waals surface area contributed by atoms with E-state index in [4.69, 9.17) is 4.74 Å². The predicted molar refractivity (Wildman–Crippen MR) is 137 cm³/mol. The van der Waals surface area contributed by atoms with Crippen LogP contribution in [-0.4, -0.2) is 33.6 Å². The van der Waals surface area contributed by atoms with Crippen LogP contribution in [-0.2, 0) is 19.4 Å². The number of hydrogen-bond donors (Lipinski definition) is 1. The van der Waals surface area contributed by atoms with Gasteiger partial charge in [0.05, 0.1) is 11.4 Å². The molecule has 3 aromatic rings. The molecule has 0 unspecified atom stereocenters. The highest BCUT2D eigenvalue weighted by Gasteiger charge is 2.57. The van der Waals surface area contributed by atoms with Crippen molar-refractivity contribution in [2.24, 2.45) is 0 Å². The summed E-state index contributed by atoms with van der Waals surface area (Å²) in [5.74, 6) is -1.56. The summed E-state index contributed by atoms with van der Waals surface area (Å²) in [5.41, 5.74) is -1.24. The van der Waals surface area contributed by atoms with Crippen molar-refractivity contribution >= 4 is 21.9 Å². The molecule has 5 rings (SSSR count). The number of esters is 1. The molecule has 0 amide bonds. The number of benzene rings is 2. The first-order chi connectivity index (χ1) is 17.8. The fourth-order valence-corrected chi connectivity index (χ4v) is 6.74. The molecule has 1 spiro atoms. The zero-order valence-corrected chi connectivity index (χ0v) is 20.6. The Labute approximate surface area is 212 Å². The van der Waals surface area contributed by atoms with Gasteiger partial charge in [0.15, 0.2) is 4.91 Å². The Bertz CT molecular complexity index is 1640. The van der Waals surface area contributed by atoms with E-state index < -0.39 is 42.8 Å². The molecule has 1 aliphatic heterocycles. The van der Waals surface area contributed by atoms with Gasteiger partial charge in [-0.2, -0.15) is 0 Å². The molecule has 190 valence electrons. The van der Waals surface area contributed by atoms with Crippen LogP contribution in [0.15, 0.2) is 87.3 Å². The highest BCUT2D eigenvalue weighted by Crippen LogP contribution is 2.45. The van der Waals surface area contributed by atoms with Gasteiger partial charge in [0, 0.05) is 12.8 Å². The Balaban J connectivity index is 1.65. The number of aromatic nitrogens is 2. The molecule has 0 atom stereocenters. The Morgan fingerprint density at radius 3 is 2.00 bits per heavy atom. The smallest absolute Gasteiger partial charge is 0.351 e. The summed E-state index contributed by atoms with van der Waals surface area (Å²) in [4.78, 5) is 37.2. The lowest BCUT2D eigenvalue weighted by Gasteiger charge is -2.29. The topological polar surface area (TPSA) is 125 Å². The zero-order valence-electron chi connectivity index (χ0n) is 19.7. The quantitative estimate of drug-likeness (QED) is 0.414. The van der Waals surface area contributed by atoms with Crippen LogP contribution in [0.25, 0.3) is 17.5 Å². The summed E-state index contributed by atoms with van der Waals surface area (Å²) in [7, 11) is -4.05. The third kappa shape index (κ3) is 4.03. The Morgan fingerprint density at radius 1 is 0.838 bits per heavy atom. The number of carbonyl (C=O) groups excluding carboxylic acids is 1. The molecule has 1 saturated heterocycles. The Hall–Kier alpha value is -4.18. The number of ether oxygens (including phenoxy) is 1. The van der Waals surface area contributed by atoms with Crippen LogP contribution in [0.5, 0.6) is 5.88 Å². The Kier molecular flexibility index (Phi) is 6.20. The monoisotopic (exact) mass is 520 g/mol. The average Bonchev–Trinajstić information content (AvgIpc) is 3.07. The Morgan fingerprint density at radius 2 is 1.41 bits per heavy atom. The van der Waals surface area contributed by atoms with Crippen LogP contribution >= 0.6 is 0 Å². The maximum atomic E-state index is 13.4. The molecule has 0 bridgehead atoms. The third-order valence-corrected chi connectivity index (χ3v) is 9.04. The molecular formula is C27H24N2O7S. The summed E-state index contributed by atoms with van der Waals surface area (Å²) in [6.07, 6.45) is 6.09. The molecule has 1 N–H and O–H groups in total. The van der Waals surface area contributed by atoms with Gasteiger partial charge in [-0.3, -0.25) is 4.79 Å². The first kappa shape index (κ1) is 24.5. The molecule has 0 radical (unpaired) electrons. The van der Waals surface area contributed by atoms with Gasteiger partial charge in [-0.05, 0) is 49.3 Å². The number of para-hydroxylation sites is 2. The van der Waals surface area contributed by atoms with Crippen molar-refractivity contribution in [1.29, 1.82) is 0 Å². The van der Waals surface area contributed by atoms with Crippen molar-refractivity contribution < 1.29 is 23.1 Å². The summed E-state index contributed by atoms with van der Waals surface area (Å²) >= 11 is 0. The number of hydrogen-bond acceptors (Lipinski definition) is 7. The predicted octanol–water partition coefficient (Wildman–Crippen LogP) is 3.22. The fraction of sp³-hybridized carbons (Fsp3) is 0.222. The molecular weight excluding hydrogens is 496 g/mol. The van der Waals surface area contributed by atoms with E-state index in [1.807, 2.05) is 0 Å². The van der Waals surface area contributed by atoms with Gasteiger partial charge in [0.1, 0.15) is 5.56 Å². The third-order valence-electron chi connectivity index (χ3n) is 6.68. The van der Waals surface area contributed by atoms with Crippen LogP contribution in [0.4, 0.5) is 0 Å². The zero-order chi connectivity index (χ0) is 26.2. The van der Waals surface area contributed by atoms with E-state index in [1.165, 1.54) is 12.2 Å². The van der Waals surface area contributed by atoms with Gasteiger partial charge in [-0.1, -0.05) is 48.9 Å². The summed E-state index contributed by atoms with van der Waals surface area (Å²) < 4.78 is 33.6. The minimum atomic E-state index is -4.05. The minimum absolute atomic E-state index is 0.243. The number of aromatic hydroxyl groups is 1. The lowest BCUT2D eigenvalue weighted by molar-refractivity contribution is -0.145. The van der Waals surface area contributed by atoms with E-state index in [0.717, 1.165) is 21.6 Å². The molecule has 2 heterocycles. The SMILES string of the molecule is O=C1OC2(CCCCC2)S(=O)(=O)C1=CC=Cc1c(O)n(-c2ccccc2)c(=O)n(-c2ccccc2)c1=O. The van der Waals surface area contributed by atoms with Crippen LogP contribution in [0.2, 0.25) is 0 Å². The van der Waals surface area contributed by atoms with Gasteiger partial charge < -0.3 is 9.84 Å². The van der Waals surface area contributed by atoms with Crippen LogP contribution < -0.4 is 11.2 Å². The summed E-state index contributed by atoms with van der Waals surface area (Å²) in [6.45, 7) is 0. The summed E-state index contributed by atoms with van der Waals surface area (Å²) in [6, 6.07) is 16.5. The first-order valence-electron chi connectivity index (χ1n) is 11.8. The molecule has 1 aromatic heterocycles. The lowest BCUT2D eigenvalue weighted by Crippen LogP contribution is -2.39. The standard InChI is InChI=1S/C27H24N2O7S/c30-23-21(15-10-16-22-25(32)36-27(37(22,34)35)17-8-3-9-18-27)24(31)29(20-13-6-2-7-14-20)26(33)28(23)19-11-4-1-5-12-19/h1-2,4-7,10-16,30H,3,8-9,17-18H2. The normalized spacial score (nSPS) is 19.5. The fourth-order valence-electron chi connectivity index (χ4n) is 4.81. The second kappa shape index (κ2) is 9.36. The van der Waals surface area contributed by atoms with E-state index in [0.29, 0.717) is 18.5 Å². The van der Waals surface area contributed by atoms with Crippen molar-refractivity contribution in [3.63, 3.8) is 0 Å².